The molecule has 0 aliphatic carbocycles. The molecule has 6 heteroatoms. The zero-order valence-corrected chi connectivity index (χ0v) is 14.3. The topological polar surface area (TPSA) is 49.4 Å². The quantitative estimate of drug-likeness (QED) is 0.916. The Morgan fingerprint density at radius 3 is 2.92 bits per heavy atom. The van der Waals surface area contributed by atoms with E-state index >= 15 is 0 Å². The lowest BCUT2D eigenvalue weighted by atomic mass is 10.1. The minimum absolute atomic E-state index is 0.0457. The number of carbonyl (C=O) groups is 2. The molecule has 0 saturated carbocycles. The van der Waals surface area contributed by atoms with Crippen molar-refractivity contribution in [1.29, 1.82) is 0 Å². The molecule has 0 unspecified atom stereocenters. The van der Waals surface area contributed by atoms with Gasteiger partial charge >= 0.3 is 0 Å². The van der Waals surface area contributed by atoms with Crippen LogP contribution in [0.5, 0.6) is 0 Å². The van der Waals surface area contributed by atoms with E-state index in [1.807, 2.05) is 42.5 Å². The number of thioether (sulfide) groups is 1. The molecule has 2 aromatic carbocycles. The van der Waals surface area contributed by atoms with Gasteiger partial charge in [-0.1, -0.05) is 41.9 Å². The fourth-order valence-corrected chi connectivity index (χ4v) is 4.87. The van der Waals surface area contributed by atoms with Crippen LogP contribution >= 0.6 is 23.4 Å². The van der Waals surface area contributed by atoms with E-state index in [0.717, 1.165) is 11.1 Å². The highest BCUT2D eigenvalue weighted by molar-refractivity contribution is 7.99. The van der Waals surface area contributed by atoms with Crippen LogP contribution in [0.2, 0.25) is 5.02 Å². The molecule has 2 aliphatic rings. The number of nitrogens with one attached hydrogen (secondary N) is 1. The Labute approximate surface area is 149 Å². The molecule has 1 saturated heterocycles. The van der Waals surface area contributed by atoms with Gasteiger partial charge in [0.1, 0.15) is 11.4 Å². The van der Waals surface area contributed by atoms with Gasteiger partial charge in [0.25, 0.3) is 5.91 Å². The maximum Gasteiger partial charge on any atom is 0.256 e. The third-order valence-electron chi connectivity index (χ3n) is 4.35. The summed E-state index contributed by atoms with van der Waals surface area (Å²) in [4.78, 5) is 26.9. The second kappa shape index (κ2) is 6.15. The van der Waals surface area contributed by atoms with Crippen LogP contribution in [0.4, 0.5) is 0 Å². The molecule has 0 bridgehead atoms. The Bertz CT molecular complexity index is 826. The number of nitrogens with zero attached hydrogens (tertiary/aromatic N) is 1. The van der Waals surface area contributed by atoms with E-state index < -0.39 is 6.04 Å². The monoisotopic (exact) mass is 358 g/mol. The summed E-state index contributed by atoms with van der Waals surface area (Å²) in [6.45, 7) is 0.403. The van der Waals surface area contributed by atoms with E-state index in [1.165, 1.54) is 0 Å². The molecule has 4 rings (SSSR count). The highest BCUT2D eigenvalue weighted by atomic mass is 35.5. The fourth-order valence-electron chi connectivity index (χ4n) is 3.20. The van der Waals surface area contributed by atoms with Crippen LogP contribution in [0.1, 0.15) is 26.9 Å². The van der Waals surface area contributed by atoms with Gasteiger partial charge in [-0.05, 0) is 29.3 Å². The van der Waals surface area contributed by atoms with Gasteiger partial charge in [-0.15, -0.1) is 11.8 Å². The second-order valence-corrected chi connectivity index (χ2v) is 7.40. The standard InChI is InChI=1S/C18H15ClN2O2S/c19-12-5-3-4-11(8-12)9-20-16(22)15-10-24-18-14-7-2-1-6-13(14)17(23)21(15)18/h1-8,15,18H,9-10H2,(H,20,22)/t15-,18-/m1/s1. The van der Waals surface area contributed by atoms with Crippen LogP contribution in [0.15, 0.2) is 48.5 Å². The third-order valence-corrected chi connectivity index (χ3v) is 5.89. The lowest BCUT2D eigenvalue weighted by molar-refractivity contribution is -0.124. The van der Waals surface area contributed by atoms with Crippen LogP contribution in [-0.2, 0) is 11.3 Å². The fraction of sp³-hybridized carbons (Fsp3) is 0.222. The number of halogens is 1. The zero-order valence-electron chi connectivity index (χ0n) is 12.7. The first-order valence-electron chi connectivity index (χ1n) is 7.70. The summed E-state index contributed by atoms with van der Waals surface area (Å²) in [5.74, 6) is 0.446. The molecular formula is C18H15ClN2O2S. The second-order valence-electron chi connectivity index (χ2n) is 5.85. The van der Waals surface area contributed by atoms with Crippen molar-refractivity contribution >= 4 is 35.2 Å². The summed E-state index contributed by atoms with van der Waals surface area (Å²) in [6.07, 6.45) is 0. The Balaban J connectivity index is 1.48. The van der Waals surface area contributed by atoms with E-state index in [1.54, 1.807) is 22.7 Å². The van der Waals surface area contributed by atoms with Gasteiger partial charge in [-0.25, -0.2) is 0 Å². The first kappa shape index (κ1) is 15.5. The molecule has 1 N–H and O–H groups in total. The van der Waals surface area contributed by atoms with Crippen LogP contribution in [0.25, 0.3) is 0 Å². The normalized spacial score (nSPS) is 21.5. The highest BCUT2D eigenvalue weighted by Gasteiger charge is 2.48. The number of amides is 2. The molecule has 0 radical (unpaired) electrons. The lowest BCUT2D eigenvalue weighted by Crippen LogP contribution is -2.45. The summed E-state index contributed by atoms with van der Waals surface area (Å²) < 4.78 is 0. The van der Waals surface area contributed by atoms with E-state index in [0.29, 0.717) is 22.9 Å². The number of hydrogen-bond acceptors (Lipinski definition) is 3. The Morgan fingerprint density at radius 2 is 2.08 bits per heavy atom. The average molecular weight is 359 g/mol. The largest absolute Gasteiger partial charge is 0.350 e. The Hall–Kier alpha value is -1.98. The SMILES string of the molecule is O=C(NCc1cccc(Cl)c1)[C@H]1CS[C@@H]2c3ccccc3C(=O)N12. The van der Waals surface area contributed by atoms with Crippen LogP contribution in [-0.4, -0.2) is 28.5 Å². The molecule has 2 heterocycles. The average Bonchev–Trinajstić information content (AvgIpc) is 3.14. The molecule has 0 spiro atoms. The van der Waals surface area contributed by atoms with Crippen molar-refractivity contribution in [3.05, 3.63) is 70.2 Å². The van der Waals surface area contributed by atoms with Crippen molar-refractivity contribution in [3.8, 4) is 0 Å². The summed E-state index contributed by atoms with van der Waals surface area (Å²) in [7, 11) is 0. The molecule has 1 fully saturated rings. The van der Waals surface area contributed by atoms with Crippen molar-refractivity contribution in [3.63, 3.8) is 0 Å². The third kappa shape index (κ3) is 2.58. The number of benzene rings is 2. The molecule has 122 valence electrons. The summed E-state index contributed by atoms with van der Waals surface area (Å²) in [5.41, 5.74) is 2.66. The molecule has 0 aromatic heterocycles. The van der Waals surface area contributed by atoms with E-state index in [9.17, 15) is 9.59 Å². The van der Waals surface area contributed by atoms with Gasteiger partial charge in [0.2, 0.25) is 5.91 Å². The van der Waals surface area contributed by atoms with Gasteiger partial charge in [0, 0.05) is 22.9 Å². The van der Waals surface area contributed by atoms with Gasteiger partial charge in [-0.2, -0.15) is 0 Å². The lowest BCUT2D eigenvalue weighted by Gasteiger charge is -2.22. The van der Waals surface area contributed by atoms with Crippen molar-refractivity contribution in [2.24, 2.45) is 0 Å². The maximum absolute atomic E-state index is 12.6. The van der Waals surface area contributed by atoms with Gasteiger partial charge in [-0.3, -0.25) is 9.59 Å². The van der Waals surface area contributed by atoms with E-state index in [2.05, 4.69) is 5.32 Å². The minimum atomic E-state index is -0.431. The zero-order chi connectivity index (χ0) is 16.7. The minimum Gasteiger partial charge on any atom is -0.350 e. The first-order valence-corrected chi connectivity index (χ1v) is 9.13. The number of carbonyl (C=O) groups excluding carboxylic acids is 2. The molecule has 2 aromatic rings. The van der Waals surface area contributed by atoms with Crippen molar-refractivity contribution in [2.45, 2.75) is 18.0 Å². The van der Waals surface area contributed by atoms with Crippen molar-refractivity contribution < 1.29 is 9.59 Å². The van der Waals surface area contributed by atoms with Crippen LogP contribution in [0, 0.1) is 0 Å². The smallest absolute Gasteiger partial charge is 0.256 e. The maximum atomic E-state index is 12.6. The van der Waals surface area contributed by atoms with Crippen molar-refractivity contribution in [1.82, 2.24) is 10.2 Å². The van der Waals surface area contributed by atoms with Gasteiger partial charge in [0.15, 0.2) is 0 Å². The predicted octanol–water partition coefficient (Wildman–Crippen LogP) is 3.23. The van der Waals surface area contributed by atoms with Crippen molar-refractivity contribution in [2.75, 3.05) is 5.75 Å². The molecule has 2 atom stereocenters. The summed E-state index contributed by atoms with van der Waals surface area (Å²) in [5, 5.41) is 3.52. The molecular weight excluding hydrogens is 344 g/mol. The number of rotatable bonds is 3. The van der Waals surface area contributed by atoms with Crippen LogP contribution in [0.3, 0.4) is 0 Å². The molecule has 24 heavy (non-hydrogen) atoms. The predicted molar refractivity (Wildman–Crippen MR) is 94.9 cm³/mol. The number of fused-ring (bicyclic) bond motifs is 3. The van der Waals surface area contributed by atoms with Gasteiger partial charge in [0.05, 0.1) is 0 Å². The summed E-state index contributed by atoms with van der Waals surface area (Å²) in [6, 6.07) is 14.5. The summed E-state index contributed by atoms with van der Waals surface area (Å²) >= 11 is 7.61. The Morgan fingerprint density at radius 1 is 1.25 bits per heavy atom. The Kier molecular flexibility index (Phi) is 3.98. The molecule has 2 amide bonds. The molecule has 2 aliphatic heterocycles. The van der Waals surface area contributed by atoms with Crippen LogP contribution < -0.4 is 5.32 Å². The van der Waals surface area contributed by atoms with Gasteiger partial charge < -0.3 is 10.2 Å². The van der Waals surface area contributed by atoms with E-state index in [4.69, 9.17) is 11.6 Å². The highest BCUT2D eigenvalue weighted by Crippen LogP contribution is 2.48. The molecule has 4 nitrogen and oxygen atoms in total. The first-order chi connectivity index (χ1) is 11.6. The number of hydrogen-bond donors (Lipinski definition) is 1. The van der Waals surface area contributed by atoms with E-state index in [-0.39, 0.29) is 17.2 Å².